The average Bonchev–Trinajstić information content (AvgIpc) is 1.56. The molecule has 0 atom stereocenters. The van der Waals surface area contributed by atoms with Gasteiger partial charge in [0.05, 0.1) is 0 Å². The molecule has 2 nitrogen and oxygen atoms in total. The van der Waals surface area contributed by atoms with Crippen molar-refractivity contribution in [2.75, 3.05) is 13.1 Å². The Bertz CT molecular complexity index is 95.8. The van der Waals surface area contributed by atoms with Gasteiger partial charge in [0.25, 0.3) is 0 Å². The second kappa shape index (κ2) is 2.89. The van der Waals surface area contributed by atoms with Crippen molar-refractivity contribution < 1.29 is 0 Å². The maximum atomic E-state index is 2.42. The second-order valence-corrected chi connectivity index (χ2v) is 3.51. The van der Waals surface area contributed by atoms with Crippen molar-refractivity contribution in [1.29, 1.82) is 0 Å². The normalized spacial score (nSPS) is 22.2. The topological polar surface area (TPSA) is 6.48 Å². The molecule has 0 aromatic rings. The van der Waals surface area contributed by atoms with E-state index < -0.39 is 0 Å². The fourth-order valence-corrected chi connectivity index (χ4v) is 1.44. The summed E-state index contributed by atoms with van der Waals surface area (Å²) in [4.78, 5) is 0. The van der Waals surface area contributed by atoms with Crippen molar-refractivity contribution in [2.45, 2.75) is 39.8 Å². The molecule has 1 saturated heterocycles. The Kier molecular flexibility index (Phi) is 2.32. The van der Waals surface area contributed by atoms with Gasteiger partial charge in [0.2, 0.25) is 0 Å². The van der Waals surface area contributed by atoms with Gasteiger partial charge in [-0.3, -0.25) is 0 Å². The summed E-state index contributed by atoms with van der Waals surface area (Å²) in [5.74, 6) is 0. The van der Waals surface area contributed by atoms with Gasteiger partial charge in [-0.2, -0.15) is 0 Å². The van der Waals surface area contributed by atoms with Crippen molar-refractivity contribution in [3.8, 4) is 0 Å². The predicted octanol–water partition coefficient (Wildman–Crippen LogP) is 1.34. The monoisotopic (exact) mass is 142 g/mol. The van der Waals surface area contributed by atoms with Gasteiger partial charge in [0.15, 0.2) is 0 Å². The minimum absolute atomic E-state index is 0.677. The molecule has 0 radical (unpaired) electrons. The summed E-state index contributed by atoms with van der Waals surface area (Å²) in [6.45, 7) is 11.5. The van der Waals surface area contributed by atoms with Gasteiger partial charge in [-0.05, 0) is 27.7 Å². The molecule has 0 unspecified atom stereocenters. The molecule has 2 heteroatoms. The molecule has 0 aliphatic carbocycles. The highest BCUT2D eigenvalue weighted by Gasteiger charge is 2.28. The minimum atomic E-state index is 0.677. The number of hydrogen-bond acceptors (Lipinski definition) is 2. The SMILES string of the molecule is CC(C)N1CCN1C(C)C. The molecule has 0 saturated carbocycles. The van der Waals surface area contributed by atoms with Crippen LogP contribution in [0.4, 0.5) is 0 Å². The largest absolute Gasteiger partial charge is 0.238 e. The number of nitrogens with zero attached hydrogens (tertiary/aromatic N) is 2. The summed E-state index contributed by atoms with van der Waals surface area (Å²) in [5, 5.41) is 4.84. The smallest absolute Gasteiger partial charge is 0.0278 e. The van der Waals surface area contributed by atoms with Crippen LogP contribution in [-0.2, 0) is 0 Å². The van der Waals surface area contributed by atoms with E-state index in [4.69, 9.17) is 0 Å². The van der Waals surface area contributed by atoms with Gasteiger partial charge >= 0.3 is 0 Å². The van der Waals surface area contributed by atoms with Crippen LogP contribution < -0.4 is 0 Å². The average molecular weight is 142 g/mol. The third-order valence-corrected chi connectivity index (χ3v) is 2.08. The highest BCUT2D eigenvalue weighted by molar-refractivity contribution is 4.75. The molecule has 0 spiro atoms. The van der Waals surface area contributed by atoms with Crippen LogP contribution in [0.1, 0.15) is 27.7 Å². The molecule has 1 aliphatic heterocycles. The van der Waals surface area contributed by atoms with Crippen LogP contribution >= 0.6 is 0 Å². The van der Waals surface area contributed by atoms with Crippen LogP contribution in [0, 0.1) is 0 Å². The fraction of sp³-hybridized carbons (Fsp3) is 1.00. The lowest BCUT2D eigenvalue weighted by molar-refractivity contribution is -0.153. The van der Waals surface area contributed by atoms with Gasteiger partial charge < -0.3 is 0 Å². The Morgan fingerprint density at radius 3 is 1.20 bits per heavy atom. The first-order valence-electron chi connectivity index (χ1n) is 4.16. The minimum Gasteiger partial charge on any atom is -0.238 e. The molecule has 0 amide bonds. The maximum absolute atomic E-state index is 2.42. The molecule has 0 N–H and O–H groups in total. The van der Waals surface area contributed by atoms with E-state index in [2.05, 4.69) is 37.7 Å². The molecular formula is C8H18N2. The molecule has 10 heavy (non-hydrogen) atoms. The Balaban J connectivity index is 2.36. The van der Waals surface area contributed by atoms with Crippen LogP contribution in [0.25, 0.3) is 0 Å². The summed E-state index contributed by atoms with van der Waals surface area (Å²) in [5.41, 5.74) is 0. The summed E-state index contributed by atoms with van der Waals surface area (Å²) in [6, 6.07) is 1.35. The van der Waals surface area contributed by atoms with Gasteiger partial charge in [0.1, 0.15) is 0 Å². The Morgan fingerprint density at radius 1 is 0.800 bits per heavy atom. The molecule has 1 rings (SSSR count). The van der Waals surface area contributed by atoms with E-state index in [9.17, 15) is 0 Å². The Labute approximate surface area is 63.8 Å². The van der Waals surface area contributed by atoms with Crippen molar-refractivity contribution in [2.24, 2.45) is 0 Å². The number of hydrazine groups is 1. The third-order valence-electron chi connectivity index (χ3n) is 2.08. The van der Waals surface area contributed by atoms with E-state index in [0.29, 0.717) is 12.1 Å². The maximum Gasteiger partial charge on any atom is 0.0278 e. The first-order chi connectivity index (χ1) is 4.63. The molecule has 0 bridgehead atoms. The third kappa shape index (κ3) is 1.32. The first-order valence-corrected chi connectivity index (χ1v) is 4.16. The lowest BCUT2D eigenvalue weighted by Gasteiger charge is -2.49. The fourth-order valence-electron chi connectivity index (χ4n) is 1.44. The van der Waals surface area contributed by atoms with E-state index in [0.717, 1.165) is 0 Å². The molecule has 1 fully saturated rings. The summed E-state index contributed by atoms with van der Waals surface area (Å²) in [6.07, 6.45) is 0. The van der Waals surface area contributed by atoms with Crippen LogP contribution in [0.2, 0.25) is 0 Å². The zero-order valence-electron chi connectivity index (χ0n) is 7.46. The van der Waals surface area contributed by atoms with E-state index >= 15 is 0 Å². The number of rotatable bonds is 2. The van der Waals surface area contributed by atoms with Crippen LogP contribution in [0.3, 0.4) is 0 Å². The second-order valence-electron chi connectivity index (χ2n) is 3.51. The molecule has 60 valence electrons. The summed E-state index contributed by atoms with van der Waals surface area (Å²) in [7, 11) is 0. The molecule has 1 heterocycles. The lowest BCUT2D eigenvalue weighted by atomic mass is 10.2. The van der Waals surface area contributed by atoms with Crippen LogP contribution in [0.15, 0.2) is 0 Å². The molecule has 1 aliphatic rings. The highest BCUT2D eigenvalue weighted by Crippen LogP contribution is 2.16. The Morgan fingerprint density at radius 2 is 1.10 bits per heavy atom. The first kappa shape index (κ1) is 8.02. The quantitative estimate of drug-likeness (QED) is 0.574. The predicted molar refractivity (Wildman–Crippen MR) is 43.7 cm³/mol. The van der Waals surface area contributed by atoms with Crippen molar-refractivity contribution in [3.05, 3.63) is 0 Å². The highest BCUT2D eigenvalue weighted by atomic mass is 15.7. The molecule has 0 aromatic carbocycles. The Hall–Kier alpha value is -0.0800. The van der Waals surface area contributed by atoms with Crippen LogP contribution in [-0.4, -0.2) is 35.2 Å². The summed E-state index contributed by atoms with van der Waals surface area (Å²) >= 11 is 0. The molecular weight excluding hydrogens is 124 g/mol. The van der Waals surface area contributed by atoms with E-state index in [1.807, 2.05) is 0 Å². The van der Waals surface area contributed by atoms with Crippen LogP contribution in [0.5, 0.6) is 0 Å². The van der Waals surface area contributed by atoms with E-state index in [-0.39, 0.29) is 0 Å². The molecule has 0 aromatic heterocycles. The van der Waals surface area contributed by atoms with Crippen molar-refractivity contribution in [3.63, 3.8) is 0 Å². The zero-order chi connectivity index (χ0) is 7.72. The zero-order valence-corrected chi connectivity index (χ0v) is 7.46. The van der Waals surface area contributed by atoms with Gasteiger partial charge in [-0.15, -0.1) is 0 Å². The van der Waals surface area contributed by atoms with Gasteiger partial charge in [0, 0.05) is 25.2 Å². The van der Waals surface area contributed by atoms with Crippen molar-refractivity contribution in [1.82, 2.24) is 10.0 Å². The standard InChI is InChI=1S/C8H18N2/c1-7(2)9-5-6-10(9)8(3)4/h7-8H,5-6H2,1-4H3. The summed E-state index contributed by atoms with van der Waals surface area (Å²) < 4.78 is 0. The van der Waals surface area contributed by atoms with Gasteiger partial charge in [-0.1, -0.05) is 0 Å². The lowest BCUT2D eigenvalue weighted by Crippen LogP contribution is -2.62. The van der Waals surface area contributed by atoms with Crippen molar-refractivity contribution >= 4 is 0 Å². The number of hydrogen-bond donors (Lipinski definition) is 0. The van der Waals surface area contributed by atoms with Gasteiger partial charge in [-0.25, -0.2) is 10.0 Å². The van der Waals surface area contributed by atoms with E-state index in [1.165, 1.54) is 13.1 Å². The van der Waals surface area contributed by atoms with E-state index in [1.54, 1.807) is 0 Å².